The van der Waals surface area contributed by atoms with Crippen molar-refractivity contribution in [1.82, 2.24) is 0 Å². The van der Waals surface area contributed by atoms with E-state index in [1.165, 1.54) is 6.08 Å². The predicted octanol–water partition coefficient (Wildman–Crippen LogP) is 2.64. The summed E-state index contributed by atoms with van der Waals surface area (Å²) in [6.07, 6.45) is 0.717. The maximum Gasteiger partial charge on any atom is 0.331 e. The third kappa shape index (κ3) is 2.88. The highest BCUT2D eigenvalue weighted by Gasteiger charge is 2.39. The lowest BCUT2D eigenvalue weighted by Crippen LogP contribution is -2.32. The summed E-state index contributed by atoms with van der Waals surface area (Å²) in [4.78, 5) is 21.2. The Labute approximate surface area is 116 Å². The largest absolute Gasteiger partial charge is 0.478 e. The molecule has 0 bridgehead atoms. The molecule has 21 heavy (non-hydrogen) atoms. The summed E-state index contributed by atoms with van der Waals surface area (Å²) in [5, 5.41) is 19.9. The molecule has 0 unspecified atom stereocenters. The van der Waals surface area contributed by atoms with E-state index in [0.717, 1.165) is 0 Å². The van der Waals surface area contributed by atoms with E-state index in [-0.39, 0.29) is 17.6 Å². The van der Waals surface area contributed by atoms with Crippen LogP contribution in [0, 0.1) is 27.6 Å². The molecule has 0 fully saturated rings. The number of benzene rings is 1. The number of rotatable bonds is 3. The molecule has 0 spiro atoms. The molecular weight excluding hydrogens is 291 g/mol. The average molecular weight is 301 g/mol. The number of carbonyl (C=O) groups is 1. The molecule has 0 aliphatic heterocycles. The Morgan fingerprint density at radius 1 is 1.24 bits per heavy atom. The second-order valence-electron chi connectivity index (χ2n) is 4.72. The number of allylic oxidation sites excluding steroid dienone is 1. The molecule has 2 atom stereocenters. The Morgan fingerprint density at radius 3 is 2.43 bits per heavy atom. The number of nitro groups is 1. The Kier molecular flexibility index (Phi) is 3.97. The first-order chi connectivity index (χ1) is 9.81. The van der Waals surface area contributed by atoms with Gasteiger partial charge in [0.1, 0.15) is 5.82 Å². The van der Waals surface area contributed by atoms with E-state index in [4.69, 9.17) is 5.11 Å². The Hall–Kier alpha value is -2.38. The van der Waals surface area contributed by atoms with Crippen LogP contribution < -0.4 is 0 Å². The zero-order valence-electron chi connectivity index (χ0n) is 10.6. The van der Waals surface area contributed by atoms with Crippen molar-refractivity contribution in [1.29, 1.82) is 0 Å². The molecule has 0 heterocycles. The first kappa shape index (κ1) is 15.0. The maximum atomic E-state index is 13.7. The molecule has 0 aromatic heterocycles. The van der Waals surface area contributed by atoms with E-state index in [1.54, 1.807) is 0 Å². The number of nitrogens with zero attached hydrogens (tertiary/aromatic N) is 1. The molecule has 112 valence electrons. The van der Waals surface area contributed by atoms with E-state index in [2.05, 4.69) is 0 Å². The standard InChI is InChI=1S/C13H10F3NO4/c14-9-5-11(16)10(15)4-8(9)7-2-1-6(13(18)19)3-12(7)17(20)21/h1,4-5,7,12H,2-3H2,(H,18,19)/t7-,12+/m1/s1. The fraction of sp³-hybridized carbons (Fsp3) is 0.308. The molecular formula is C13H10F3NO4. The van der Waals surface area contributed by atoms with Gasteiger partial charge in [0.25, 0.3) is 0 Å². The monoisotopic (exact) mass is 301 g/mol. The van der Waals surface area contributed by atoms with Crippen molar-refractivity contribution in [2.75, 3.05) is 0 Å². The number of aliphatic carboxylic acids is 1. The topological polar surface area (TPSA) is 80.4 Å². The Morgan fingerprint density at radius 2 is 1.86 bits per heavy atom. The van der Waals surface area contributed by atoms with Crippen LogP contribution in [-0.2, 0) is 4.79 Å². The molecule has 1 aromatic carbocycles. The van der Waals surface area contributed by atoms with Gasteiger partial charge in [0.15, 0.2) is 11.6 Å². The highest BCUT2D eigenvalue weighted by molar-refractivity contribution is 5.86. The molecule has 0 saturated carbocycles. The van der Waals surface area contributed by atoms with Crippen molar-refractivity contribution in [3.05, 3.63) is 56.9 Å². The van der Waals surface area contributed by atoms with Crippen LogP contribution in [0.2, 0.25) is 0 Å². The lowest BCUT2D eigenvalue weighted by Gasteiger charge is -2.25. The molecule has 1 aliphatic rings. The summed E-state index contributed by atoms with van der Waals surface area (Å²) in [7, 11) is 0. The summed E-state index contributed by atoms with van der Waals surface area (Å²) >= 11 is 0. The van der Waals surface area contributed by atoms with Gasteiger partial charge in [0.2, 0.25) is 6.04 Å². The van der Waals surface area contributed by atoms with Crippen molar-refractivity contribution >= 4 is 5.97 Å². The van der Waals surface area contributed by atoms with Crippen molar-refractivity contribution in [2.24, 2.45) is 0 Å². The van der Waals surface area contributed by atoms with Gasteiger partial charge in [-0.15, -0.1) is 0 Å². The number of hydrogen-bond acceptors (Lipinski definition) is 3. The molecule has 8 heteroatoms. The van der Waals surface area contributed by atoms with Crippen LogP contribution in [0.4, 0.5) is 13.2 Å². The zero-order valence-corrected chi connectivity index (χ0v) is 10.6. The van der Waals surface area contributed by atoms with Gasteiger partial charge in [-0.3, -0.25) is 10.1 Å². The number of carboxylic acids is 1. The molecule has 2 rings (SSSR count). The Balaban J connectivity index is 2.45. The summed E-state index contributed by atoms with van der Waals surface area (Å²) in [5.74, 6) is -6.10. The van der Waals surface area contributed by atoms with Crippen molar-refractivity contribution < 1.29 is 28.0 Å². The lowest BCUT2D eigenvalue weighted by molar-refractivity contribution is -0.526. The van der Waals surface area contributed by atoms with Crippen LogP contribution in [0.25, 0.3) is 0 Å². The average Bonchev–Trinajstić information content (AvgIpc) is 2.42. The van der Waals surface area contributed by atoms with Crippen molar-refractivity contribution in [3.63, 3.8) is 0 Å². The summed E-state index contributed by atoms with van der Waals surface area (Å²) in [6, 6.07) is -0.482. The summed E-state index contributed by atoms with van der Waals surface area (Å²) in [6.45, 7) is 0. The van der Waals surface area contributed by atoms with E-state index < -0.39 is 46.7 Å². The van der Waals surface area contributed by atoms with Crippen LogP contribution >= 0.6 is 0 Å². The number of halogens is 3. The third-order valence-electron chi connectivity index (χ3n) is 3.50. The highest BCUT2D eigenvalue weighted by atomic mass is 19.2. The van der Waals surface area contributed by atoms with Crippen LogP contribution in [0.1, 0.15) is 24.3 Å². The minimum absolute atomic E-state index is 0.130. The molecule has 0 radical (unpaired) electrons. The molecule has 1 N–H and O–H groups in total. The Bertz CT molecular complexity index is 645. The van der Waals surface area contributed by atoms with Crippen molar-refractivity contribution in [3.8, 4) is 0 Å². The van der Waals surface area contributed by atoms with Gasteiger partial charge in [-0.05, 0) is 12.5 Å². The summed E-state index contributed by atoms with van der Waals surface area (Å²) < 4.78 is 39.9. The van der Waals surface area contributed by atoms with Crippen LogP contribution in [0.5, 0.6) is 0 Å². The number of hydrogen-bond donors (Lipinski definition) is 1. The molecule has 5 nitrogen and oxygen atoms in total. The highest BCUT2D eigenvalue weighted by Crippen LogP contribution is 2.36. The van der Waals surface area contributed by atoms with E-state index in [9.17, 15) is 28.1 Å². The van der Waals surface area contributed by atoms with Crippen LogP contribution in [-0.4, -0.2) is 22.0 Å². The molecule has 0 amide bonds. The van der Waals surface area contributed by atoms with Gasteiger partial charge in [-0.2, -0.15) is 0 Å². The first-order valence-corrected chi connectivity index (χ1v) is 6.01. The first-order valence-electron chi connectivity index (χ1n) is 6.01. The minimum Gasteiger partial charge on any atom is -0.478 e. The normalized spacial score (nSPS) is 21.8. The SMILES string of the molecule is O=C(O)C1=CC[C@H](c2cc(F)c(F)cc2F)[C@@H]([N+](=O)[O-])C1. The number of carboxylic acid groups (broad SMARTS) is 1. The molecule has 1 aromatic rings. The van der Waals surface area contributed by atoms with Gasteiger partial charge in [-0.25, -0.2) is 18.0 Å². The lowest BCUT2D eigenvalue weighted by atomic mass is 9.80. The smallest absolute Gasteiger partial charge is 0.331 e. The predicted molar refractivity (Wildman–Crippen MR) is 64.8 cm³/mol. The van der Waals surface area contributed by atoms with Gasteiger partial charge in [0, 0.05) is 28.5 Å². The van der Waals surface area contributed by atoms with Gasteiger partial charge in [-0.1, -0.05) is 6.08 Å². The minimum atomic E-state index is -1.40. The third-order valence-corrected chi connectivity index (χ3v) is 3.50. The zero-order chi connectivity index (χ0) is 15.7. The second kappa shape index (κ2) is 5.55. The fourth-order valence-electron chi connectivity index (χ4n) is 2.43. The van der Waals surface area contributed by atoms with Gasteiger partial charge in [0.05, 0.1) is 5.92 Å². The van der Waals surface area contributed by atoms with E-state index in [1.807, 2.05) is 0 Å². The van der Waals surface area contributed by atoms with E-state index >= 15 is 0 Å². The summed E-state index contributed by atoms with van der Waals surface area (Å²) in [5.41, 5.74) is -0.466. The van der Waals surface area contributed by atoms with Crippen LogP contribution in [0.3, 0.4) is 0 Å². The quantitative estimate of drug-likeness (QED) is 0.528. The maximum absolute atomic E-state index is 13.7. The molecule has 0 saturated heterocycles. The fourth-order valence-corrected chi connectivity index (χ4v) is 2.43. The van der Waals surface area contributed by atoms with Gasteiger partial charge >= 0.3 is 5.97 Å². The van der Waals surface area contributed by atoms with Gasteiger partial charge < -0.3 is 5.11 Å². The van der Waals surface area contributed by atoms with Crippen LogP contribution in [0.15, 0.2) is 23.8 Å². The van der Waals surface area contributed by atoms with Crippen molar-refractivity contribution in [2.45, 2.75) is 24.8 Å². The molecule has 1 aliphatic carbocycles. The second-order valence-corrected chi connectivity index (χ2v) is 4.72. The van der Waals surface area contributed by atoms with E-state index in [0.29, 0.717) is 12.1 Å².